The van der Waals surface area contributed by atoms with Crippen LogP contribution in [0.1, 0.15) is 18.0 Å². The Labute approximate surface area is 117 Å². The summed E-state index contributed by atoms with van der Waals surface area (Å²) in [6, 6.07) is 12.3. The van der Waals surface area contributed by atoms with Crippen LogP contribution in [0.15, 0.2) is 42.5 Å². The Morgan fingerprint density at radius 3 is 2.95 bits per heavy atom. The van der Waals surface area contributed by atoms with E-state index in [1.807, 2.05) is 24.3 Å². The number of anilines is 1. The first-order chi connectivity index (χ1) is 9.76. The second-order valence-electron chi connectivity index (χ2n) is 4.75. The van der Waals surface area contributed by atoms with Gasteiger partial charge in [0.15, 0.2) is 0 Å². The Morgan fingerprint density at radius 2 is 2.15 bits per heavy atom. The summed E-state index contributed by atoms with van der Waals surface area (Å²) in [5.41, 5.74) is 1.81. The van der Waals surface area contributed by atoms with E-state index in [0.717, 1.165) is 29.2 Å². The molecule has 3 nitrogen and oxygen atoms in total. The van der Waals surface area contributed by atoms with Crippen molar-refractivity contribution in [3.63, 3.8) is 0 Å². The fourth-order valence-corrected chi connectivity index (χ4v) is 2.43. The molecule has 0 radical (unpaired) electrons. The first-order valence-corrected chi connectivity index (χ1v) is 6.59. The molecule has 0 saturated carbocycles. The molecule has 3 rings (SSSR count). The molecule has 1 aliphatic heterocycles. The van der Waals surface area contributed by atoms with E-state index < -0.39 is 0 Å². The first kappa shape index (κ1) is 12.8. The fourth-order valence-electron chi connectivity index (χ4n) is 2.43. The minimum absolute atomic E-state index is 0.0932. The number of ether oxygens (including phenoxy) is 2. The largest absolute Gasteiger partial charge is 0.497 e. The lowest BCUT2D eigenvalue weighted by Gasteiger charge is -2.28. The van der Waals surface area contributed by atoms with Crippen molar-refractivity contribution < 1.29 is 13.9 Å². The maximum Gasteiger partial charge on any atom is 0.125 e. The zero-order valence-electron chi connectivity index (χ0n) is 11.2. The number of fused-ring (bicyclic) bond motifs is 1. The lowest BCUT2D eigenvalue weighted by Crippen LogP contribution is -2.20. The van der Waals surface area contributed by atoms with Crippen LogP contribution in [-0.2, 0) is 0 Å². The molecule has 1 unspecified atom stereocenters. The van der Waals surface area contributed by atoms with Gasteiger partial charge in [-0.2, -0.15) is 0 Å². The molecule has 0 amide bonds. The third kappa shape index (κ3) is 2.54. The molecule has 104 valence electrons. The number of hydrogen-bond acceptors (Lipinski definition) is 3. The van der Waals surface area contributed by atoms with Gasteiger partial charge < -0.3 is 14.8 Å². The highest BCUT2D eigenvalue weighted by Crippen LogP contribution is 2.36. The second kappa shape index (κ2) is 5.41. The Balaban J connectivity index is 1.89. The summed E-state index contributed by atoms with van der Waals surface area (Å²) >= 11 is 0. The van der Waals surface area contributed by atoms with Crippen LogP contribution < -0.4 is 14.8 Å². The highest BCUT2D eigenvalue weighted by Gasteiger charge is 2.22. The van der Waals surface area contributed by atoms with Gasteiger partial charge in [-0.3, -0.25) is 0 Å². The summed E-state index contributed by atoms with van der Waals surface area (Å²) in [6.45, 7) is 0.645. The molecular weight excluding hydrogens is 257 g/mol. The van der Waals surface area contributed by atoms with E-state index in [0.29, 0.717) is 6.61 Å². The Bertz CT molecular complexity index is 615. The predicted octanol–water partition coefficient (Wildman–Crippen LogP) is 3.77. The van der Waals surface area contributed by atoms with Gasteiger partial charge in [0.05, 0.1) is 19.8 Å². The summed E-state index contributed by atoms with van der Waals surface area (Å²) in [4.78, 5) is 0. The Kier molecular flexibility index (Phi) is 3.46. The predicted molar refractivity (Wildman–Crippen MR) is 75.9 cm³/mol. The van der Waals surface area contributed by atoms with Crippen LogP contribution in [0.5, 0.6) is 11.5 Å². The van der Waals surface area contributed by atoms with Crippen molar-refractivity contribution >= 4 is 5.69 Å². The summed E-state index contributed by atoms with van der Waals surface area (Å²) in [7, 11) is 1.64. The molecule has 1 atom stereocenters. The van der Waals surface area contributed by atoms with E-state index >= 15 is 0 Å². The summed E-state index contributed by atoms with van der Waals surface area (Å²) in [5.74, 6) is 1.40. The Morgan fingerprint density at radius 1 is 1.25 bits per heavy atom. The molecule has 20 heavy (non-hydrogen) atoms. The van der Waals surface area contributed by atoms with Crippen LogP contribution in [0.4, 0.5) is 10.1 Å². The molecule has 0 saturated heterocycles. The average molecular weight is 273 g/mol. The van der Waals surface area contributed by atoms with Crippen LogP contribution in [0.3, 0.4) is 0 Å². The van der Waals surface area contributed by atoms with Gasteiger partial charge in [0.1, 0.15) is 17.3 Å². The van der Waals surface area contributed by atoms with E-state index in [2.05, 4.69) is 5.32 Å². The zero-order valence-corrected chi connectivity index (χ0v) is 11.2. The van der Waals surface area contributed by atoms with Crippen LogP contribution in [0.2, 0.25) is 0 Å². The van der Waals surface area contributed by atoms with Gasteiger partial charge in [-0.1, -0.05) is 6.07 Å². The van der Waals surface area contributed by atoms with Crippen LogP contribution >= 0.6 is 0 Å². The highest BCUT2D eigenvalue weighted by atomic mass is 19.1. The smallest absolute Gasteiger partial charge is 0.125 e. The van der Waals surface area contributed by atoms with Crippen LogP contribution in [-0.4, -0.2) is 13.7 Å². The van der Waals surface area contributed by atoms with Crippen LogP contribution in [0, 0.1) is 5.82 Å². The minimum Gasteiger partial charge on any atom is -0.497 e. The van der Waals surface area contributed by atoms with E-state index in [9.17, 15) is 4.39 Å². The zero-order chi connectivity index (χ0) is 13.9. The van der Waals surface area contributed by atoms with Crippen molar-refractivity contribution in [2.24, 2.45) is 0 Å². The highest BCUT2D eigenvalue weighted by molar-refractivity contribution is 5.50. The number of halogens is 1. The normalized spacial score (nSPS) is 17.0. The van der Waals surface area contributed by atoms with Gasteiger partial charge in [0, 0.05) is 17.7 Å². The number of nitrogens with one attached hydrogen (secondary N) is 1. The molecule has 2 aromatic carbocycles. The number of hydrogen-bond donors (Lipinski definition) is 1. The van der Waals surface area contributed by atoms with E-state index in [1.54, 1.807) is 13.2 Å². The molecule has 1 N–H and O–H groups in total. The number of benzene rings is 2. The SMILES string of the molecule is COc1ccc2c(c1)C(Nc1cccc(F)c1)CCO2. The maximum absolute atomic E-state index is 13.3. The van der Waals surface area contributed by atoms with E-state index in [-0.39, 0.29) is 11.9 Å². The molecule has 1 heterocycles. The molecule has 0 spiro atoms. The molecule has 0 bridgehead atoms. The van der Waals surface area contributed by atoms with E-state index in [1.165, 1.54) is 12.1 Å². The van der Waals surface area contributed by atoms with Gasteiger partial charge in [-0.25, -0.2) is 4.39 Å². The molecule has 0 aromatic heterocycles. The summed E-state index contributed by atoms with van der Waals surface area (Å²) < 4.78 is 24.2. The number of rotatable bonds is 3. The lowest BCUT2D eigenvalue weighted by molar-refractivity contribution is 0.273. The number of methoxy groups -OCH3 is 1. The van der Waals surface area contributed by atoms with Gasteiger partial charge in [0.25, 0.3) is 0 Å². The Hall–Kier alpha value is -2.23. The lowest BCUT2D eigenvalue weighted by atomic mass is 10.00. The summed E-state index contributed by atoms with van der Waals surface area (Å²) in [6.07, 6.45) is 0.830. The molecule has 0 aliphatic carbocycles. The van der Waals surface area contributed by atoms with Crippen LogP contribution in [0.25, 0.3) is 0 Å². The topological polar surface area (TPSA) is 30.5 Å². The first-order valence-electron chi connectivity index (χ1n) is 6.59. The molecule has 4 heteroatoms. The third-order valence-corrected chi connectivity index (χ3v) is 3.42. The quantitative estimate of drug-likeness (QED) is 0.923. The van der Waals surface area contributed by atoms with Crippen molar-refractivity contribution in [2.45, 2.75) is 12.5 Å². The van der Waals surface area contributed by atoms with Crippen molar-refractivity contribution in [1.82, 2.24) is 0 Å². The third-order valence-electron chi connectivity index (χ3n) is 3.42. The van der Waals surface area contributed by atoms with Gasteiger partial charge in [-0.15, -0.1) is 0 Å². The fraction of sp³-hybridized carbons (Fsp3) is 0.250. The minimum atomic E-state index is -0.243. The van der Waals surface area contributed by atoms with Crippen molar-refractivity contribution in [3.8, 4) is 11.5 Å². The molecular formula is C16H16FNO2. The molecule has 0 fully saturated rings. The van der Waals surface area contributed by atoms with Gasteiger partial charge in [-0.05, 0) is 36.4 Å². The van der Waals surface area contributed by atoms with Crippen molar-refractivity contribution in [1.29, 1.82) is 0 Å². The van der Waals surface area contributed by atoms with Gasteiger partial charge in [0.2, 0.25) is 0 Å². The standard InChI is InChI=1S/C16H16FNO2/c1-19-13-5-6-16-14(10-13)15(7-8-20-16)18-12-4-2-3-11(17)9-12/h2-6,9-10,15,18H,7-8H2,1H3. The average Bonchev–Trinajstić information content (AvgIpc) is 2.47. The molecule has 2 aromatic rings. The monoisotopic (exact) mass is 273 g/mol. The van der Waals surface area contributed by atoms with Crippen molar-refractivity contribution in [3.05, 3.63) is 53.8 Å². The second-order valence-corrected chi connectivity index (χ2v) is 4.75. The van der Waals surface area contributed by atoms with Crippen molar-refractivity contribution in [2.75, 3.05) is 19.0 Å². The van der Waals surface area contributed by atoms with Gasteiger partial charge >= 0.3 is 0 Å². The maximum atomic E-state index is 13.3. The molecule has 1 aliphatic rings. The summed E-state index contributed by atoms with van der Waals surface area (Å²) in [5, 5.41) is 3.35. The van der Waals surface area contributed by atoms with E-state index in [4.69, 9.17) is 9.47 Å².